The molecule has 4 rings (SSSR count). The Labute approximate surface area is 147 Å². The highest BCUT2D eigenvalue weighted by atomic mass is 32.2. The van der Waals surface area contributed by atoms with E-state index in [0.29, 0.717) is 28.4 Å². The first kappa shape index (κ1) is 15.5. The molecule has 9 heteroatoms. The van der Waals surface area contributed by atoms with Gasteiger partial charge in [-0.15, -0.1) is 10.2 Å². The zero-order chi connectivity index (χ0) is 17.2. The molecular formula is C16H14N6O2S. The first-order valence-electron chi connectivity index (χ1n) is 7.48. The van der Waals surface area contributed by atoms with Crippen molar-refractivity contribution in [2.75, 3.05) is 5.84 Å². The van der Waals surface area contributed by atoms with Gasteiger partial charge in [-0.1, -0.05) is 47.3 Å². The Balaban J connectivity index is 1.49. The average molecular weight is 354 g/mol. The van der Waals surface area contributed by atoms with Crippen molar-refractivity contribution in [2.45, 2.75) is 17.8 Å². The largest absolute Gasteiger partial charge is 0.469 e. The van der Waals surface area contributed by atoms with Gasteiger partial charge < -0.3 is 14.8 Å². The van der Waals surface area contributed by atoms with Crippen molar-refractivity contribution in [1.29, 1.82) is 0 Å². The van der Waals surface area contributed by atoms with E-state index in [9.17, 15) is 0 Å². The van der Waals surface area contributed by atoms with Crippen LogP contribution in [0.5, 0.6) is 0 Å². The van der Waals surface area contributed by atoms with Crippen LogP contribution in [0.2, 0.25) is 0 Å². The summed E-state index contributed by atoms with van der Waals surface area (Å²) in [4.78, 5) is 4.38. The van der Waals surface area contributed by atoms with Gasteiger partial charge in [0, 0.05) is 5.56 Å². The molecular weight excluding hydrogens is 340 g/mol. The van der Waals surface area contributed by atoms with Crippen molar-refractivity contribution in [3.63, 3.8) is 0 Å². The number of thioether (sulfide) groups is 1. The average Bonchev–Trinajstić information content (AvgIpc) is 3.35. The molecule has 0 atom stereocenters. The molecule has 8 nitrogen and oxygen atoms in total. The van der Waals surface area contributed by atoms with Crippen LogP contribution in [0.25, 0.3) is 22.8 Å². The number of aryl methyl sites for hydroxylation is 1. The summed E-state index contributed by atoms with van der Waals surface area (Å²) in [6, 6.07) is 11.5. The predicted molar refractivity (Wildman–Crippen MR) is 91.9 cm³/mol. The number of furan rings is 1. The maximum absolute atomic E-state index is 6.09. The number of nitrogens with two attached hydrogens (primary N) is 1. The van der Waals surface area contributed by atoms with E-state index in [-0.39, 0.29) is 0 Å². The van der Waals surface area contributed by atoms with E-state index in [4.69, 9.17) is 14.8 Å². The molecule has 3 aromatic heterocycles. The first-order chi connectivity index (χ1) is 12.2. The van der Waals surface area contributed by atoms with Crippen LogP contribution in [-0.2, 0) is 5.75 Å². The fourth-order valence-electron chi connectivity index (χ4n) is 2.32. The van der Waals surface area contributed by atoms with Crippen LogP contribution in [0.1, 0.15) is 11.7 Å². The second-order valence-electron chi connectivity index (χ2n) is 5.23. The van der Waals surface area contributed by atoms with E-state index < -0.39 is 0 Å². The number of rotatable bonds is 5. The van der Waals surface area contributed by atoms with E-state index in [0.717, 1.165) is 16.9 Å². The molecule has 0 amide bonds. The van der Waals surface area contributed by atoms with Gasteiger partial charge in [0.25, 0.3) is 0 Å². The first-order valence-corrected chi connectivity index (χ1v) is 8.46. The van der Waals surface area contributed by atoms with Crippen molar-refractivity contribution in [1.82, 2.24) is 25.0 Å². The number of hydrogen-bond donors (Lipinski definition) is 1. The summed E-state index contributed by atoms with van der Waals surface area (Å²) in [5.41, 5.74) is 1.72. The molecule has 0 fully saturated rings. The summed E-state index contributed by atoms with van der Waals surface area (Å²) in [6.07, 6.45) is 1.59. The van der Waals surface area contributed by atoms with E-state index in [1.54, 1.807) is 12.3 Å². The molecule has 0 aliphatic heterocycles. The summed E-state index contributed by atoms with van der Waals surface area (Å²) in [6.45, 7) is 1.85. The monoisotopic (exact) mass is 354 g/mol. The minimum Gasteiger partial charge on any atom is -0.469 e. The van der Waals surface area contributed by atoms with Crippen molar-refractivity contribution in [2.24, 2.45) is 0 Å². The predicted octanol–water partition coefficient (Wildman–Crippen LogP) is 2.90. The Morgan fingerprint density at radius 1 is 1.16 bits per heavy atom. The summed E-state index contributed by atoms with van der Waals surface area (Å²) in [5.74, 6) is 8.86. The van der Waals surface area contributed by atoms with Gasteiger partial charge in [-0.2, -0.15) is 4.98 Å². The number of aromatic nitrogens is 5. The lowest BCUT2D eigenvalue weighted by Crippen LogP contribution is -2.11. The molecule has 0 bridgehead atoms. The van der Waals surface area contributed by atoms with Crippen LogP contribution in [0.3, 0.4) is 0 Å². The second-order valence-corrected chi connectivity index (χ2v) is 6.18. The number of nitrogen functional groups attached to an aromatic ring is 1. The molecule has 1 aromatic carbocycles. The number of nitrogens with zero attached hydrogens (tertiary/aromatic N) is 5. The molecule has 126 valence electrons. The Hall–Kier alpha value is -3.07. The molecule has 0 spiro atoms. The number of benzene rings is 1. The van der Waals surface area contributed by atoms with Crippen LogP contribution in [0.4, 0.5) is 0 Å². The Morgan fingerprint density at radius 2 is 2.00 bits per heavy atom. The van der Waals surface area contributed by atoms with Crippen LogP contribution in [-0.4, -0.2) is 25.0 Å². The van der Waals surface area contributed by atoms with Crippen LogP contribution in [0, 0.1) is 6.92 Å². The van der Waals surface area contributed by atoms with Crippen LogP contribution < -0.4 is 5.84 Å². The lowest BCUT2D eigenvalue weighted by Gasteiger charge is -2.01. The molecule has 0 aliphatic rings. The van der Waals surface area contributed by atoms with Gasteiger partial charge in [0.15, 0.2) is 5.82 Å². The maximum Gasteiger partial charge on any atom is 0.237 e. The molecule has 4 aromatic rings. The summed E-state index contributed by atoms with van der Waals surface area (Å²) in [7, 11) is 0. The lowest BCUT2D eigenvalue weighted by molar-refractivity contribution is 0.391. The van der Waals surface area contributed by atoms with Gasteiger partial charge >= 0.3 is 0 Å². The quantitative estimate of drug-likeness (QED) is 0.430. The van der Waals surface area contributed by atoms with Gasteiger partial charge in [-0.05, 0) is 13.0 Å². The molecule has 0 unspecified atom stereocenters. The maximum atomic E-state index is 6.09. The minimum absolute atomic E-state index is 0.444. The van der Waals surface area contributed by atoms with Gasteiger partial charge in [-0.25, -0.2) is 4.68 Å². The van der Waals surface area contributed by atoms with Crippen LogP contribution in [0.15, 0.2) is 56.8 Å². The Kier molecular flexibility index (Phi) is 3.98. The molecule has 0 saturated heterocycles. The standard InChI is InChI=1S/C16H14N6O2S/c1-10-12(7-8-23-10)15-19-20-16(22(15)17)25-9-13-18-14(21-24-13)11-5-3-2-4-6-11/h2-8H,9,17H2,1H3. The van der Waals surface area contributed by atoms with Gasteiger partial charge in [-0.3, -0.25) is 0 Å². The minimum atomic E-state index is 0.444. The fraction of sp³-hybridized carbons (Fsp3) is 0.125. The van der Waals surface area contributed by atoms with Crippen molar-refractivity contribution in [3.8, 4) is 22.8 Å². The summed E-state index contributed by atoms with van der Waals surface area (Å²) >= 11 is 1.37. The third kappa shape index (κ3) is 3.01. The second kappa shape index (κ2) is 6.44. The molecule has 0 radical (unpaired) electrons. The molecule has 3 heterocycles. The van der Waals surface area contributed by atoms with E-state index in [2.05, 4.69) is 20.3 Å². The smallest absolute Gasteiger partial charge is 0.237 e. The zero-order valence-electron chi connectivity index (χ0n) is 13.3. The van der Waals surface area contributed by atoms with Gasteiger partial charge in [0.2, 0.25) is 16.9 Å². The van der Waals surface area contributed by atoms with Crippen molar-refractivity contribution < 1.29 is 8.94 Å². The molecule has 25 heavy (non-hydrogen) atoms. The molecule has 0 aliphatic carbocycles. The highest BCUT2D eigenvalue weighted by Crippen LogP contribution is 2.26. The Bertz CT molecular complexity index is 991. The third-order valence-corrected chi connectivity index (χ3v) is 4.52. The normalized spacial score (nSPS) is 11.1. The van der Waals surface area contributed by atoms with E-state index >= 15 is 0 Å². The molecule has 0 saturated carbocycles. The highest BCUT2D eigenvalue weighted by molar-refractivity contribution is 7.98. The fourth-order valence-corrected chi connectivity index (χ4v) is 3.01. The van der Waals surface area contributed by atoms with Crippen molar-refractivity contribution >= 4 is 11.8 Å². The zero-order valence-corrected chi connectivity index (χ0v) is 14.1. The summed E-state index contributed by atoms with van der Waals surface area (Å²) in [5, 5.41) is 12.8. The van der Waals surface area contributed by atoms with E-state index in [1.165, 1.54) is 16.4 Å². The number of hydrogen-bond acceptors (Lipinski definition) is 8. The third-order valence-electron chi connectivity index (χ3n) is 3.59. The Morgan fingerprint density at radius 3 is 2.76 bits per heavy atom. The van der Waals surface area contributed by atoms with Gasteiger partial charge in [0.05, 0.1) is 17.6 Å². The van der Waals surface area contributed by atoms with Crippen LogP contribution >= 0.6 is 11.8 Å². The van der Waals surface area contributed by atoms with E-state index in [1.807, 2.05) is 37.3 Å². The van der Waals surface area contributed by atoms with Crippen molar-refractivity contribution in [3.05, 3.63) is 54.3 Å². The highest BCUT2D eigenvalue weighted by Gasteiger charge is 2.17. The lowest BCUT2D eigenvalue weighted by atomic mass is 10.2. The van der Waals surface area contributed by atoms with Gasteiger partial charge in [0.1, 0.15) is 5.76 Å². The SMILES string of the molecule is Cc1occc1-c1nnc(SCc2nc(-c3ccccc3)no2)n1N. The topological polar surface area (TPSA) is 109 Å². The molecule has 2 N–H and O–H groups in total. The summed E-state index contributed by atoms with van der Waals surface area (Å²) < 4.78 is 12.0.